The third kappa shape index (κ3) is 5.44. The Kier molecular flexibility index (Phi) is 7.77. The lowest BCUT2D eigenvalue weighted by Gasteiger charge is -2.37. The van der Waals surface area contributed by atoms with E-state index in [0.29, 0.717) is 42.8 Å². The second kappa shape index (κ2) is 10.6. The monoisotopic (exact) mass is 490 g/mol. The molecule has 3 heterocycles. The van der Waals surface area contributed by atoms with Gasteiger partial charge >= 0.3 is 0 Å². The lowest BCUT2D eigenvalue weighted by atomic mass is 10.0. The van der Waals surface area contributed by atoms with Crippen LogP contribution < -0.4 is 4.90 Å². The summed E-state index contributed by atoms with van der Waals surface area (Å²) in [4.78, 5) is 27.0. The van der Waals surface area contributed by atoms with E-state index in [0.717, 1.165) is 54.4 Å². The zero-order chi connectivity index (χ0) is 23.5. The molecule has 2 saturated heterocycles. The van der Waals surface area contributed by atoms with Crippen molar-refractivity contribution >= 4 is 34.9 Å². The number of piperazine rings is 1. The van der Waals surface area contributed by atoms with Gasteiger partial charge < -0.3 is 14.5 Å². The van der Waals surface area contributed by atoms with Crippen molar-refractivity contribution in [2.45, 2.75) is 46.0 Å². The van der Waals surface area contributed by atoms with E-state index in [-0.39, 0.29) is 17.7 Å². The van der Waals surface area contributed by atoms with Gasteiger partial charge in [0.15, 0.2) is 0 Å². The molecule has 0 bridgehead atoms. The van der Waals surface area contributed by atoms with Gasteiger partial charge in [-0.25, -0.2) is 9.97 Å². The molecule has 1 amide bonds. The molecular formula is C25H32Cl2N4O2. The van der Waals surface area contributed by atoms with Gasteiger partial charge in [0, 0.05) is 66.4 Å². The minimum absolute atomic E-state index is 0.0115. The van der Waals surface area contributed by atoms with Crippen LogP contribution in [-0.2, 0) is 16.0 Å². The summed E-state index contributed by atoms with van der Waals surface area (Å²) in [5.41, 5.74) is 3.05. The number of halogens is 2. The van der Waals surface area contributed by atoms with Crippen LogP contribution >= 0.6 is 23.2 Å². The zero-order valence-corrected chi connectivity index (χ0v) is 21.1. The largest absolute Gasteiger partial charge is 0.381 e. The standard InChI is InChI=1S/C25H32Cl2N4O2/c1-4-16(2)23-28-17(3)21(13-18-5-6-20(26)14-22(18)27)24(29-23)30-8-10-31(11-9-30)25(32)19-7-12-33-15-19/h5-6,14,16,19H,4,7-13,15H2,1-3H3. The summed E-state index contributed by atoms with van der Waals surface area (Å²) in [6.45, 7) is 10.5. The number of hydrogen-bond acceptors (Lipinski definition) is 5. The molecular weight excluding hydrogens is 459 g/mol. The summed E-state index contributed by atoms with van der Waals surface area (Å²) in [7, 11) is 0. The van der Waals surface area contributed by atoms with E-state index in [1.54, 1.807) is 6.07 Å². The zero-order valence-electron chi connectivity index (χ0n) is 19.6. The predicted octanol–water partition coefficient (Wildman–Crippen LogP) is 4.88. The molecule has 2 atom stereocenters. The number of aryl methyl sites for hydroxylation is 1. The highest BCUT2D eigenvalue weighted by Crippen LogP contribution is 2.31. The van der Waals surface area contributed by atoms with Crippen LogP contribution in [0.15, 0.2) is 18.2 Å². The van der Waals surface area contributed by atoms with Crippen LogP contribution in [-0.4, -0.2) is 60.2 Å². The first-order valence-corrected chi connectivity index (χ1v) is 12.6. The maximum atomic E-state index is 12.8. The summed E-state index contributed by atoms with van der Waals surface area (Å²) in [5.74, 6) is 2.34. The molecule has 0 spiro atoms. The predicted molar refractivity (Wildman–Crippen MR) is 132 cm³/mol. The maximum Gasteiger partial charge on any atom is 0.228 e. The van der Waals surface area contributed by atoms with Crippen LogP contribution in [0.1, 0.15) is 55.3 Å². The summed E-state index contributed by atoms with van der Waals surface area (Å²) < 4.78 is 5.41. The first kappa shape index (κ1) is 24.2. The Morgan fingerprint density at radius 3 is 2.61 bits per heavy atom. The molecule has 2 unspecified atom stereocenters. The highest BCUT2D eigenvalue weighted by molar-refractivity contribution is 6.35. The maximum absolute atomic E-state index is 12.8. The van der Waals surface area contributed by atoms with Crippen molar-refractivity contribution in [2.24, 2.45) is 5.92 Å². The molecule has 2 fully saturated rings. The number of carbonyl (C=O) groups is 1. The first-order valence-electron chi connectivity index (χ1n) is 11.8. The molecule has 2 aliphatic rings. The molecule has 8 heteroatoms. The average Bonchev–Trinajstić information content (AvgIpc) is 3.36. The molecule has 4 rings (SSSR count). The number of carbonyl (C=O) groups excluding carboxylic acids is 1. The van der Waals surface area contributed by atoms with Gasteiger partial charge in [-0.15, -0.1) is 0 Å². The minimum atomic E-state index is 0.0115. The van der Waals surface area contributed by atoms with E-state index < -0.39 is 0 Å². The second-order valence-corrected chi connectivity index (χ2v) is 9.91. The molecule has 2 aromatic rings. The number of rotatable bonds is 6. The van der Waals surface area contributed by atoms with E-state index in [1.807, 2.05) is 17.0 Å². The van der Waals surface area contributed by atoms with Crippen molar-refractivity contribution in [2.75, 3.05) is 44.3 Å². The van der Waals surface area contributed by atoms with Crippen LogP contribution in [0, 0.1) is 12.8 Å². The average molecular weight is 491 g/mol. The minimum Gasteiger partial charge on any atom is -0.381 e. The van der Waals surface area contributed by atoms with Gasteiger partial charge in [-0.1, -0.05) is 43.1 Å². The van der Waals surface area contributed by atoms with Gasteiger partial charge in [0.2, 0.25) is 5.91 Å². The van der Waals surface area contributed by atoms with E-state index in [2.05, 4.69) is 25.7 Å². The third-order valence-corrected chi connectivity index (χ3v) is 7.40. The van der Waals surface area contributed by atoms with Gasteiger partial charge in [-0.3, -0.25) is 4.79 Å². The van der Waals surface area contributed by atoms with Gasteiger partial charge in [-0.2, -0.15) is 0 Å². The van der Waals surface area contributed by atoms with Crippen molar-refractivity contribution in [3.05, 3.63) is 50.9 Å². The topological polar surface area (TPSA) is 58.6 Å². The first-order chi connectivity index (χ1) is 15.9. The molecule has 178 valence electrons. The van der Waals surface area contributed by atoms with Crippen LogP contribution in [0.4, 0.5) is 5.82 Å². The van der Waals surface area contributed by atoms with Gasteiger partial charge in [-0.05, 0) is 37.5 Å². The van der Waals surface area contributed by atoms with Gasteiger partial charge in [0.25, 0.3) is 0 Å². The van der Waals surface area contributed by atoms with Gasteiger partial charge in [0.1, 0.15) is 11.6 Å². The Morgan fingerprint density at radius 2 is 1.97 bits per heavy atom. The van der Waals surface area contributed by atoms with Crippen LogP contribution in [0.25, 0.3) is 0 Å². The van der Waals surface area contributed by atoms with E-state index in [1.165, 1.54) is 0 Å². The van der Waals surface area contributed by atoms with Crippen molar-refractivity contribution in [1.29, 1.82) is 0 Å². The summed E-state index contributed by atoms with van der Waals surface area (Å²) in [6.07, 6.45) is 2.44. The Balaban J connectivity index is 1.60. The van der Waals surface area contributed by atoms with Crippen LogP contribution in [0.2, 0.25) is 10.0 Å². The van der Waals surface area contributed by atoms with Crippen molar-refractivity contribution in [3.63, 3.8) is 0 Å². The fraction of sp³-hybridized carbons (Fsp3) is 0.560. The molecule has 0 saturated carbocycles. The lowest BCUT2D eigenvalue weighted by molar-refractivity contribution is -0.135. The molecule has 0 N–H and O–H groups in total. The number of hydrogen-bond donors (Lipinski definition) is 0. The normalized spacial score (nSPS) is 19.7. The molecule has 2 aliphatic heterocycles. The summed E-state index contributed by atoms with van der Waals surface area (Å²) in [5, 5.41) is 1.27. The fourth-order valence-corrected chi connectivity index (χ4v) is 4.93. The van der Waals surface area contributed by atoms with E-state index >= 15 is 0 Å². The van der Waals surface area contributed by atoms with E-state index in [9.17, 15) is 4.79 Å². The van der Waals surface area contributed by atoms with Crippen LogP contribution in [0.3, 0.4) is 0 Å². The van der Waals surface area contributed by atoms with Gasteiger partial charge in [0.05, 0.1) is 12.5 Å². The number of benzene rings is 1. The Bertz CT molecular complexity index is 1000. The molecule has 6 nitrogen and oxygen atoms in total. The van der Waals surface area contributed by atoms with Crippen molar-refractivity contribution < 1.29 is 9.53 Å². The quantitative estimate of drug-likeness (QED) is 0.577. The van der Waals surface area contributed by atoms with Crippen molar-refractivity contribution in [3.8, 4) is 0 Å². The number of ether oxygens (including phenoxy) is 1. The molecule has 1 aromatic carbocycles. The molecule has 0 radical (unpaired) electrons. The SMILES string of the molecule is CCC(C)c1nc(C)c(Cc2ccc(Cl)cc2Cl)c(N2CCN(C(=O)C3CCOC3)CC2)n1. The fourth-order valence-electron chi connectivity index (χ4n) is 4.46. The molecule has 1 aromatic heterocycles. The smallest absolute Gasteiger partial charge is 0.228 e. The Labute approximate surface area is 206 Å². The number of anilines is 1. The van der Waals surface area contributed by atoms with E-state index in [4.69, 9.17) is 37.9 Å². The third-order valence-electron chi connectivity index (χ3n) is 6.81. The molecule has 33 heavy (non-hydrogen) atoms. The Morgan fingerprint density at radius 1 is 1.21 bits per heavy atom. The number of nitrogens with zero attached hydrogens (tertiary/aromatic N) is 4. The number of aromatic nitrogens is 2. The molecule has 0 aliphatic carbocycles. The summed E-state index contributed by atoms with van der Waals surface area (Å²) >= 11 is 12.6. The highest BCUT2D eigenvalue weighted by Gasteiger charge is 2.31. The van der Waals surface area contributed by atoms with Crippen molar-refractivity contribution in [1.82, 2.24) is 14.9 Å². The lowest BCUT2D eigenvalue weighted by Crippen LogP contribution is -2.51. The number of amides is 1. The second-order valence-electron chi connectivity index (χ2n) is 9.06. The summed E-state index contributed by atoms with van der Waals surface area (Å²) in [6, 6.07) is 5.61. The Hall–Kier alpha value is -1.89. The highest BCUT2D eigenvalue weighted by atomic mass is 35.5. The van der Waals surface area contributed by atoms with Crippen LogP contribution in [0.5, 0.6) is 0 Å².